The van der Waals surface area contributed by atoms with Crippen molar-refractivity contribution in [3.8, 4) is 28.7 Å². The number of fused-ring (bicyclic) bond motifs is 2. The van der Waals surface area contributed by atoms with Crippen molar-refractivity contribution in [1.29, 1.82) is 0 Å². The highest BCUT2D eigenvalue weighted by Gasteiger charge is 2.49. The number of hydrogen-bond acceptors (Lipinski definition) is 8. The van der Waals surface area contributed by atoms with Gasteiger partial charge in [-0.25, -0.2) is 0 Å². The van der Waals surface area contributed by atoms with Gasteiger partial charge in [0.25, 0.3) is 0 Å². The molecule has 3 N–H and O–H groups in total. The Labute approximate surface area is 174 Å². The first-order valence-electron chi connectivity index (χ1n) is 9.66. The molecule has 0 spiro atoms. The Bertz CT molecular complexity index is 943. The maximum Gasteiger partial charge on any atom is 0.231 e. The Morgan fingerprint density at radius 3 is 2.37 bits per heavy atom. The van der Waals surface area contributed by atoms with E-state index in [0.717, 1.165) is 16.7 Å². The molecule has 2 aromatic carbocycles. The van der Waals surface area contributed by atoms with E-state index in [1.54, 1.807) is 12.1 Å². The monoisotopic (exact) mass is 418 g/mol. The van der Waals surface area contributed by atoms with Gasteiger partial charge in [0.1, 0.15) is 0 Å². The molecule has 4 rings (SSSR count). The Balaban J connectivity index is 2.00. The van der Waals surface area contributed by atoms with E-state index in [0.29, 0.717) is 28.7 Å². The van der Waals surface area contributed by atoms with E-state index in [4.69, 9.17) is 23.7 Å². The summed E-state index contributed by atoms with van der Waals surface area (Å²) in [6, 6.07) is 7.28. The minimum absolute atomic E-state index is 0.127. The Morgan fingerprint density at radius 2 is 1.73 bits per heavy atom. The van der Waals surface area contributed by atoms with Crippen LogP contribution >= 0.6 is 0 Å². The van der Waals surface area contributed by atoms with E-state index >= 15 is 0 Å². The summed E-state index contributed by atoms with van der Waals surface area (Å²) < 4.78 is 27.7. The Hall–Kier alpha value is -2.68. The number of methoxy groups -OCH3 is 3. The number of aliphatic hydroxyl groups excluding tert-OH is 2. The van der Waals surface area contributed by atoms with Crippen LogP contribution in [0.4, 0.5) is 0 Å². The third-order valence-electron chi connectivity index (χ3n) is 6.08. The largest absolute Gasteiger partial charge is 0.493 e. The standard InChI is InChI=1S/C22H26O8/c1-26-17-7-13-8-22(25,10-24)14(9-23)18(19(13)21(28-3)20(17)27-2)12-4-5-15-16(6-12)30-11-29-15/h4-7,14,18,23-25H,8-11H2,1-3H3/t14-,18-,22-/m0/s1. The fraction of sp³-hybridized carbons (Fsp3) is 0.455. The van der Waals surface area contributed by atoms with Crippen LogP contribution < -0.4 is 23.7 Å². The molecule has 0 saturated carbocycles. The van der Waals surface area contributed by atoms with Crippen molar-refractivity contribution in [3.05, 3.63) is 41.0 Å². The summed E-state index contributed by atoms with van der Waals surface area (Å²) in [5.74, 6) is 1.38. The number of benzene rings is 2. The quantitative estimate of drug-likeness (QED) is 0.647. The second-order valence-corrected chi connectivity index (χ2v) is 7.54. The van der Waals surface area contributed by atoms with Crippen LogP contribution in [-0.2, 0) is 6.42 Å². The summed E-state index contributed by atoms with van der Waals surface area (Å²) in [5, 5.41) is 31.6. The van der Waals surface area contributed by atoms with Gasteiger partial charge in [-0.15, -0.1) is 0 Å². The second kappa shape index (κ2) is 7.86. The molecule has 0 amide bonds. The van der Waals surface area contributed by atoms with Crippen molar-refractivity contribution in [3.63, 3.8) is 0 Å². The zero-order chi connectivity index (χ0) is 21.5. The molecule has 8 nitrogen and oxygen atoms in total. The molecule has 2 aromatic rings. The highest BCUT2D eigenvalue weighted by atomic mass is 16.7. The van der Waals surface area contributed by atoms with Gasteiger partial charge >= 0.3 is 0 Å². The lowest BCUT2D eigenvalue weighted by Gasteiger charge is -2.45. The minimum atomic E-state index is -1.53. The van der Waals surface area contributed by atoms with E-state index in [1.807, 2.05) is 12.1 Å². The molecule has 1 heterocycles. The molecule has 0 bridgehead atoms. The van der Waals surface area contributed by atoms with E-state index in [-0.39, 0.29) is 19.8 Å². The minimum Gasteiger partial charge on any atom is -0.493 e. The summed E-state index contributed by atoms with van der Waals surface area (Å²) in [7, 11) is 4.59. The molecule has 0 unspecified atom stereocenters. The van der Waals surface area contributed by atoms with Crippen molar-refractivity contribution in [2.75, 3.05) is 41.3 Å². The normalized spacial score (nSPS) is 24.3. The van der Waals surface area contributed by atoms with E-state index in [1.165, 1.54) is 21.3 Å². The molecule has 0 saturated heterocycles. The average molecular weight is 418 g/mol. The molecule has 0 fully saturated rings. The van der Waals surface area contributed by atoms with Crippen LogP contribution in [0.25, 0.3) is 0 Å². The maximum absolute atomic E-state index is 11.3. The molecule has 3 atom stereocenters. The highest BCUT2D eigenvalue weighted by Crippen LogP contribution is 2.54. The van der Waals surface area contributed by atoms with Crippen LogP contribution in [0.1, 0.15) is 22.6 Å². The van der Waals surface area contributed by atoms with Crippen LogP contribution in [0.2, 0.25) is 0 Å². The molecule has 0 radical (unpaired) electrons. The molecule has 30 heavy (non-hydrogen) atoms. The molecule has 8 heteroatoms. The SMILES string of the molecule is COc1cc2c(c(OC)c1OC)[C@@H](c1ccc3c(c1)OCO3)[C@H](CO)[C@@](O)(CO)C2. The third kappa shape index (κ3) is 3.03. The Morgan fingerprint density at radius 1 is 1.00 bits per heavy atom. The van der Waals surface area contributed by atoms with Crippen molar-refractivity contribution in [1.82, 2.24) is 0 Å². The number of hydrogen-bond donors (Lipinski definition) is 3. The summed E-state index contributed by atoms with van der Waals surface area (Å²) in [6.07, 6.45) is 0.127. The third-order valence-corrected chi connectivity index (χ3v) is 6.08. The van der Waals surface area contributed by atoms with Crippen LogP contribution in [0.3, 0.4) is 0 Å². The van der Waals surface area contributed by atoms with Crippen molar-refractivity contribution in [2.45, 2.75) is 17.9 Å². The predicted molar refractivity (Wildman–Crippen MR) is 107 cm³/mol. The molecular weight excluding hydrogens is 392 g/mol. The average Bonchev–Trinajstić information content (AvgIpc) is 3.24. The maximum atomic E-state index is 11.3. The van der Waals surface area contributed by atoms with Crippen molar-refractivity contribution in [2.24, 2.45) is 5.92 Å². The molecule has 1 aliphatic carbocycles. The molecule has 162 valence electrons. The van der Waals surface area contributed by atoms with Gasteiger partial charge in [0.15, 0.2) is 23.0 Å². The fourth-order valence-electron chi connectivity index (χ4n) is 4.64. The lowest BCUT2D eigenvalue weighted by molar-refractivity contribution is -0.0877. The zero-order valence-corrected chi connectivity index (χ0v) is 17.2. The lowest BCUT2D eigenvalue weighted by atomic mass is 9.64. The van der Waals surface area contributed by atoms with Crippen LogP contribution in [-0.4, -0.2) is 62.3 Å². The number of rotatable bonds is 6. The molecular formula is C22H26O8. The first-order valence-corrected chi connectivity index (χ1v) is 9.66. The summed E-state index contributed by atoms with van der Waals surface area (Å²) in [4.78, 5) is 0. The van der Waals surface area contributed by atoms with Crippen molar-refractivity contribution < 1.29 is 39.0 Å². The van der Waals surface area contributed by atoms with E-state index in [2.05, 4.69) is 0 Å². The summed E-state index contributed by atoms with van der Waals surface area (Å²) in [5.41, 5.74) is 0.768. The Kier molecular flexibility index (Phi) is 5.40. The van der Waals surface area contributed by atoms with Crippen LogP contribution in [0, 0.1) is 5.92 Å². The first-order chi connectivity index (χ1) is 14.5. The topological polar surface area (TPSA) is 107 Å². The van der Waals surface area contributed by atoms with Gasteiger partial charge in [-0.05, 0) is 29.3 Å². The fourth-order valence-corrected chi connectivity index (χ4v) is 4.64. The molecule has 2 aliphatic rings. The summed E-state index contributed by atoms with van der Waals surface area (Å²) in [6.45, 7) is -0.707. The number of ether oxygens (including phenoxy) is 5. The van der Waals surface area contributed by atoms with Crippen LogP contribution in [0.5, 0.6) is 28.7 Å². The molecule has 1 aliphatic heterocycles. The van der Waals surface area contributed by atoms with Crippen LogP contribution in [0.15, 0.2) is 24.3 Å². The molecule has 0 aromatic heterocycles. The van der Waals surface area contributed by atoms with Crippen molar-refractivity contribution >= 4 is 0 Å². The lowest BCUT2D eigenvalue weighted by Crippen LogP contribution is -2.51. The van der Waals surface area contributed by atoms with Gasteiger partial charge in [0, 0.05) is 30.4 Å². The smallest absolute Gasteiger partial charge is 0.231 e. The van der Waals surface area contributed by atoms with Gasteiger partial charge in [-0.3, -0.25) is 0 Å². The van der Waals surface area contributed by atoms with Gasteiger partial charge in [-0.2, -0.15) is 0 Å². The highest BCUT2D eigenvalue weighted by molar-refractivity contribution is 5.64. The van der Waals surface area contributed by atoms with Gasteiger partial charge in [0.2, 0.25) is 12.5 Å². The van der Waals surface area contributed by atoms with E-state index in [9.17, 15) is 15.3 Å². The van der Waals surface area contributed by atoms with Gasteiger partial charge in [-0.1, -0.05) is 6.07 Å². The van der Waals surface area contributed by atoms with Gasteiger partial charge < -0.3 is 39.0 Å². The first kappa shape index (κ1) is 20.6. The predicted octanol–water partition coefficient (Wildman–Crippen LogP) is 1.46. The van der Waals surface area contributed by atoms with Gasteiger partial charge in [0.05, 0.1) is 33.5 Å². The van der Waals surface area contributed by atoms with E-state index < -0.39 is 24.0 Å². The second-order valence-electron chi connectivity index (χ2n) is 7.54. The zero-order valence-electron chi connectivity index (χ0n) is 17.2. The number of aliphatic hydroxyl groups is 3. The summed E-state index contributed by atoms with van der Waals surface area (Å²) >= 11 is 0.